The Kier molecular flexibility index (Phi) is 5.03. The minimum absolute atomic E-state index is 0.189. The molecule has 5 nitrogen and oxygen atoms in total. The highest BCUT2D eigenvalue weighted by atomic mass is 16.2. The Morgan fingerprint density at radius 3 is 2.45 bits per heavy atom. The predicted octanol–water partition coefficient (Wildman–Crippen LogP) is 2.56. The second-order valence-corrected chi connectivity index (χ2v) is 4.68. The number of nitrogens with zero attached hydrogens (tertiary/aromatic N) is 1. The molecule has 5 heteroatoms. The molecule has 0 atom stereocenters. The minimum Gasteiger partial charge on any atom is -0.347 e. The summed E-state index contributed by atoms with van der Waals surface area (Å²) in [6.45, 7) is 5.78. The van der Waals surface area contributed by atoms with Crippen LogP contribution in [0.15, 0.2) is 55.1 Å². The summed E-state index contributed by atoms with van der Waals surface area (Å²) in [6.07, 6.45) is 1.58. The Balaban J connectivity index is 2.15. The first-order valence-electron chi connectivity index (χ1n) is 6.85. The molecule has 0 saturated heterocycles. The third kappa shape index (κ3) is 3.79. The lowest BCUT2D eigenvalue weighted by atomic mass is 10.2. The quantitative estimate of drug-likeness (QED) is 0.833. The highest BCUT2D eigenvalue weighted by Gasteiger charge is 2.12. The molecule has 2 aromatic rings. The molecule has 0 aliphatic rings. The summed E-state index contributed by atoms with van der Waals surface area (Å²) in [4.78, 5) is 28.2. The summed E-state index contributed by atoms with van der Waals surface area (Å²) in [6, 6.07) is 12.2. The van der Waals surface area contributed by atoms with Gasteiger partial charge >= 0.3 is 0 Å². The number of rotatable bonds is 5. The van der Waals surface area contributed by atoms with E-state index in [-0.39, 0.29) is 23.2 Å². The van der Waals surface area contributed by atoms with Gasteiger partial charge in [-0.25, -0.2) is 4.98 Å². The van der Waals surface area contributed by atoms with Crippen LogP contribution in [0.1, 0.15) is 26.5 Å². The number of benzene rings is 1. The van der Waals surface area contributed by atoms with Crippen molar-refractivity contribution in [2.24, 2.45) is 0 Å². The lowest BCUT2D eigenvalue weighted by molar-refractivity contribution is 0.0953. The molecular weight excluding hydrogens is 278 g/mol. The van der Waals surface area contributed by atoms with E-state index in [1.807, 2.05) is 31.2 Å². The smallest absolute Gasteiger partial charge is 0.274 e. The van der Waals surface area contributed by atoms with Crippen molar-refractivity contribution in [3.05, 3.63) is 72.1 Å². The molecule has 0 bridgehead atoms. The van der Waals surface area contributed by atoms with Gasteiger partial charge in [-0.2, -0.15) is 0 Å². The number of hydrogen-bond donors (Lipinski definition) is 2. The molecule has 0 unspecified atom stereocenters. The molecule has 2 rings (SSSR count). The number of aryl methyl sites for hydroxylation is 1. The molecule has 0 spiro atoms. The molecule has 1 aromatic carbocycles. The fourth-order valence-electron chi connectivity index (χ4n) is 1.84. The van der Waals surface area contributed by atoms with E-state index in [2.05, 4.69) is 22.2 Å². The lowest BCUT2D eigenvalue weighted by Gasteiger charge is -2.08. The van der Waals surface area contributed by atoms with Gasteiger partial charge in [-0.3, -0.25) is 9.59 Å². The molecule has 1 aromatic heterocycles. The van der Waals surface area contributed by atoms with E-state index in [1.54, 1.807) is 24.3 Å². The highest BCUT2D eigenvalue weighted by Crippen LogP contribution is 2.14. The fraction of sp³-hybridized carbons (Fsp3) is 0.118. The van der Waals surface area contributed by atoms with Gasteiger partial charge in [0, 0.05) is 12.2 Å². The van der Waals surface area contributed by atoms with Gasteiger partial charge in [0.1, 0.15) is 11.4 Å². The standard InChI is InChI=1S/C17H17N3O2/c1-3-11-18-16(21)14-9-6-10-15(19-14)17(22)20-13-8-5-4-7-12(13)2/h3-10H,1,11H2,2H3,(H,18,21)(H,20,22). The van der Waals surface area contributed by atoms with Gasteiger partial charge in [-0.05, 0) is 30.7 Å². The monoisotopic (exact) mass is 295 g/mol. The van der Waals surface area contributed by atoms with Crippen molar-refractivity contribution in [2.45, 2.75) is 6.92 Å². The average Bonchev–Trinajstić information content (AvgIpc) is 2.54. The summed E-state index contributed by atoms with van der Waals surface area (Å²) in [5.74, 6) is -0.696. The van der Waals surface area contributed by atoms with Gasteiger partial charge in [0.2, 0.25) is 0 Å². The van der Waals surface area contributed by atoms with Gasteiger partial charge in [0.25, 0.3) is 11.8 Å². The van der Waals surface area contributed by atoms with E-state index in [0.717, 1.165) is 11.3 Å². The van der Waals surface area contributed by atoms with Crippen LogP contribution in [-0.4, -0.2) is 23.3 Å². The van der Waals surface area contributed by atoms with Crippen LogP contribution in [-0.2, 0) is 0 Å². The van der Waals surface area contributed by atoms with Crippen LogP contribution in [0.2, 0.25) is 0 Å². The summed E-state index contributed by atoms with van der Waals surface area (Å²) in [5.41, 5.74) is 2.06. The first-order chi connectivity index (χ1) is 10.6. The van der Waals surface area contributed by atoms with E-state index >= 15 is 0 Å². The van der Waals surface area contributed by atoms with Crippen LogP contribution in [0.3, 0.4) is 0 Å². The number of pyridine rings is 1. The minimum atomic E-state index is -0.354. The Labute approximate surface area is 129 Å². The first-order valence-corrected chi connectivity index (χ1v) is 6.85. The van der Waals surface area contributed by atoms with Crippen LogP contribution in [0.25, 0.3) is 0 Å². The topological polar surface area (TPSA) is 71.1 Å². The van der Waals surface area contributed by atoms with Crippen LogP contribution in [0.5, 0.6) is 0 Å². The molecule has 1 heterocycles. The predicted molar refractivity (Wildman–Crippen MR) is 85.9 cm³/mol. The van der Waals surface area contributed by atoms with Gasteiger partial charge in [0.05, 0.1) is 0 Å². The summed E-state index contributed by atoms with van der Waals surface area (Å²) < 4.78 is 0. The highest BCUT2D eigenvalue weighted by molar-refractivity contribution is 6.04. The van der Waals surface area contributed by atoms with E-state index in [4.69, 9.17) is 0 Å². The number of hydrogen-bond acceptors (Lipinski definition) is 3. The number of carbonyl (C=O) groups is 2. The lowest BCUT2D eigenvalue weighted by Crippen LogP contribution is -2.25. The molecule has 2 amide bonds. The van der Waals surface area contributed by atoms with E-state index in [9.17, 15) is 9.59 Å². The molecule has 0 aliphatic carbocycles. The third-order valence-electron chi connectivity index (χ3n) is 3.01. The van der Waals surface area contributed by atoms with Crippen molar-refractivity contribution < 1.29 is 9.59 Å². The average molecular weight is 295 g/mol. The van der Waals surface area contributed by atoms with Gasteiger partial charge in [0.15, 0.2) is 0 Å². The Morgan fingerprint density at radius 2 is 1.77 bits per heavy atom. The Bertz CT molecular complexity index is 711. The molecule has 0 fully saturated rings. The normalized spacial score (nSPS) is 9.86. The number of aromatic nitrogens is 1. The number of nitrogens with one attached hydrogen (secondary N) is 2. The number of anilines is 1. The van der Waals surface area contributed by atoms with E-state index in [0.29, 0.717) is 6.54 Å². The largest absolute Gasteiger partial charge is 0.347 e. The zero-order chi connectivity index (χ0) is 15.9. The van der Waals surface area contributed by atoms with E-state index in [1.165, 1.54) is 0 Å². The van der Waals surface area contributed by atoms with Crippen molar-refractivity contribution in [2.75, 3.05) is 11.9 Å². The molecule has 0 radical (unpaired) electrons. The number of para-hydroxylation sites is 1. The SMILES string of the molecule is C=CCNC(=O)c1cccc(C(=O)Nc2ccccc2C)n1. The second-order valence-electron chi connectivity index (χ2n) is 4.68. The van der Waals surface area contributed by atoms with Crippen molar-refractivity contribution in [1.82, 2.24) is 10.3 Å². The Morgan fingerprint density at radius 1 is 1.09 bits per heavy atom. The summed E-state index contributed by atoms with van der Waals surface area (Å²) in [5, 5.41) is 5.41. The number of amides is 2. The van der Waals surface area contributed by atoms with Gasteiger partial charge in [-0.1, -0.05) is 30.3 Å². The molecule has 112 valence electrons. The Hall–Kier alpha value is -2.95. The molecular formula is C17H17N3O2. The first kappa shape index (κ1) is 15.4. The maximum atomic E-state index is 12.2. The van der Waals surface area contributed by atoms with Crippen LogP contribution >= 0.6 is 0 Å². The van der Waals surface area contributed by atoms with Crippen LogP contribution in [0, 0.1) is 6.92 Å². The molecule has 0 saturated carbocycles. The zero-order valence-electron chi connectivity index (χ0n) is 12.3. The van der Waals surface area contributed by atoms with Crippen molar-refractivity contribution in [3.63, 3.8) is 0 Å². The summed E-state index contributed by atoms with van der Waals surface area (Å²) in [7, 11) is 0. The van der Waals surface area contributed by atoms with E-state index < -0.39 is 0 Å². The second kappa shape index (κ2) is 7.17. The maximum absolute atomic E-state index is 12.2. The molecule has 22 heavy (non-hydrogen) atoms. The third-order valence-corrected chi connectivity index (χ3v) is 3.01. The van der Waals surface area contributed by atoms with Gasteiger partial charge < -0.3 is 10.6 Å². The van der Waals surface area contributed by atoms with Crippen molar-refractivity contribution in [1.29, 1.82) is 0 Å². The zero-order valence-corrected chi connectivity index (χ0v) is 12.3. The van der Waals surface area contributed by atoms with Crippen LogP contribution in [0.4, 0.5) is 5.69 Å². The summed E-state index contributed by atoms with van der Waals surface area (Å²) >= 11 is 0. The van der Waals surface area contributed by atoms with Crippen LogP contribution < -0.4 is 10.6 Å². The van der Waals surface area contributed by atoms with Crippen molar-refractivity contribution >= 4 is 17.5 Å². The number of carbonyl (C=O) groups excluding carboxylic acids is 2. The molecule has 2 N–H and O–H groups in total. The van der Waals surface area contributed by atoms with Crippen molar-refractivity contribution in [3.8, 4) is 0 Å². The fourth-order valence-corrected chi connectivity index (χ4v) is 1.84. The molecule has 0 aliphatic heterocycles. The maximum Gasteiger partial charge on any atom is 0.274 e. The van der Waals surface area contributed by atoms with Gasteiger partial charge in [-0.15, -0.1) is 6.58 Å².